The summed E-state index contributed by atoms with van der Waals surface area (Å²) in [6, 6.07) is 22.7. The van der Waals surface area contributed by atoms with E-state index in [1.165, 1.54) is 4.31 Å². The molecule has 1 aliphatic heterocycles. The molecule has 0 unspecified atom stereocenters. The van der Waals surface area contributed by atoms with Crippen molar-refractivity contribution >= 4 is 21.6 Å². The molecule has 0 bridgehead atoms. The van der Waals surface area contributed by atoms with Crippen molar-refractivity contribution in [2.45, 2.75) is 31.7 Å². The van der Waals surface area contributed by atoms with E-state index in [2.05, 4.69) is 5.32 Å². The maximum absolute atomic E-state index is 13.2. The highest BCUT2D eigenvalue weighted by atomic mass is 32.2. The van der Waals surface area contributed by atoms with E-state index in [1.54, 1.807) is 6.07 Å². The summed E-state index contributed by atoms with van der Waals surface area (Å²) in [6.07, 6.45) is 0. The molecule has 1 saturated heterocycles. The van der Waals surface area contributed by atoms with Gasteiger partial charge in [0.1, 0.15) is 0 Å². The lowest BCUT2D eigenvalue weighted by Crippen LogP contribution is -2.54. The second-order valence-corrected chi connectivity index (χ2v) is 10.7. The first-order valence-corrected chi connectivity index (χ1v) is 13.0. The van der Waals surface area contributed by atoms with Crippen molar-refractivity contribution in [3.05, 3.63) is 83.9 Å². The fourth-order valence-corrected chi connectivity index (χ4v) is 6.05. The summed E-state index contributed by atoms with van der Waals surface area (Å²) in [5, 5.41) is 3.07. The van der Waals surface area contributed by atoms with Crippen LogP contribution in [0.3, 0.4) is 0 Å². The Balaban J connectivity index is 1.41. The van der Waals surface area contributed by atoms with Crippen LogP contribution in [0, 0.1) is 13.8 Å². The van der Waals surface area contributed by atoms with Crippen LogP contribution in [-0.2, 0) is 14.8 Å². The zero-order chi connectivity index (χ0) is 24.3. The van der Waals surface area contributed by atoms with Crippen LogP contribution in [0.4, 0.5) is 5.69 Å². The molecule has 3 aromatic carbocycles. The summed E-state index contributed by atoms with van der Waals surface area (Å²) >= 11 is 0. The average molecular weight is 478 g/mol. The molecular weight excluding hydrogens is 446 g/mol. The van der Waals surface area contributed by atoms with Crippen LogP contribution in [0.5, 0.6) is 0 Å². The summed E-state index contributed by atoms with van der Waals surface area (Å²) in [5.74, 6) is -0.103. The maximum Gasteiger partial charge on any atom is 0.243 e. The van der Waals surface area contributed by atoms with Gasteiger partial charge in [-0.2, -0.15) is 4.31 Å². The summed E-state index contributed by atoms with van der Waals surface area (Å²) in [4.78, 5) is 15.5. The van der Waals surface area contributed by atoms with E-state index >= 15 is 0 Å². The molecule has 178 valence electrons. The van der Waals surface area contributed by atoms with Gasteiger partial charge in [0.15, 0.2) is 0 Å². The highest BCUT2D eigenvalue weighted by Crippen LogP contribution is 2.28. The Hall–Kier alpha value is -3.00. The molecule has 1 amide bonds. The molecule has 0 saturated carbocycles. The SMILES string of the molecule is Cc1ccc(S(=O)(=O)N2CCN([C@@H](C)C(=O)Nc3ccccc3-c3ccccc3)CC2)c(C)c1. The zero-order valence-electron chi connectivity index (χ0n) is 19.9. The van der Waals surface area contributed by atoms with Crippen LogP contribution in [0.15, 0.2) is 77.7 Å². The van der Waals surface area contributed by atoms with Crippen molar-refractivity contribution in [3.8, 4) is 11.1 Å². The van der Waals surface area contributed by atoms with Crippen LogP contribution < -0.4 is 5.32 Å². The molecule has 1 aliphatic rings. The third-order valence-corrected chi connectivity index (χ3v) is 8.48. The van der Waals surface area contributed by atoms with Crippen molar-refractivity contribution < 1.29 is 13.2 Å². The molecule has 0 radical (unpaired) electrons. The fraction of sp³-hybridized carbons (Fsp3) is 0.296. The maximum atomic E-state index is 13.2. The normalized spacial score (nSPS) is 16.2. The number of piperazine rings is 1. The van der Waals surface area contributed by atoms with Gasteiger partial charge in [-0.25, -0.2) is 8.42 Å². The van der Waals surface area contributed by atoms with Crippen molar-refractivity contribution in [1.82, 2.24) is 9.21 Å². The van der Waals surface area contributed by atoms with Gasteiger partial charge in [0, 0.05) is 37.4 Å². The van der Waals surface area contributed by atoms with Crippen LogP contribution in [-0.4, -0.2) is 55.8 Å². The quantitative estimate of drug-likeness (QED) is 0.575. The molecule has 0 spiro atoms. The number of aryl methyl sites for hydroxylation is 2. The number of carbonyl (C=O) groups is 1. The van der Waals surface area contributed by atoms with Gasteiger partial charge in [0.05, 0.1) is 10.9 Å². The van der Waals surface area contributed by atoms with Gasteiger partial charge in [-0.15, -0.1) is 0 Å². The molecule has 0 aliphatic carbocycles. The molecule has 1 N–H and O–H groups in total. The molecule has 0 aromatic heterocycles. The minimum atomic E-state index is -3.56. The van der Waals surface area contributed by atoms with Crippen LogP contribution >= 0.6 is 0 Å². The van der Waals surface area contributed by atoms with E-state index in [0.717, 1.165) is 27.9 Å². The first-order valence-electron chi connectivity index (χ1n) is 11.5. The van der Waals surface area contributed by atoms with Gasteiger partial charge in [0.25, 0.3) is 0 Å². The number of para-hydroxylation sites is 1. The van der Waals surface area contributed by atoms with Crippen molar-refractivity contribution in [2.75, 3.05) is 31.5 Å². The van der Waals surface area contributed by atoms with E-state index in [-0.39, 0.29) is 11.9 Å². The fourth-order valence-electron chi connectivity index (χ4n) is 4.42. The van der Waals surface area contributed by atoms with Crippen LogP contribution in [0.2, 0.25) is 0 Å². The number of amides is 1. The molecule has 1 fully saturated rings. The number of anilines is 1. The molecule has 1 atom stereocenters. The second-order valence-electron chi connectivity index (χ2n) is 8.79. The number of sulfonamides is 1. The third kappa shape index (κ3) is 5.06. The zero-order valence-corrected chi connectivity index (χ0v) is 20.7. The summed E-state index contributed by atoms with van der Waals surface area (Å²) in [7, 11) is -3.56. The van der Waals surface area contributed by atoms with Crippen LogP contribution in [0.1, 0.15) is 18.1 Å². The number of hydrogen-bond donors (Lipinski definition) is 1. The third-order valence-electron chi connectivity index (χ3n) is 6.42. The number of nitrogens with one attached hydrogen (secondary N) is 1. The van der Waals surface area contributed by atoms with E-state index in [0.29, 0.717) is 31.1 Å². The Kier molecular flexibility index (Phi) is 7.16. The van der Waals surface area contributed by atoms with Crippen molar-refractivity contribution in [2.24, 2.45) is 0 Å². The number of benzene rings is 3. The number of hydrogen-bond acceptors (Lipinski definition) is 4. The van der Waals surface area contributed by atoms with Crippen molar-refractivity contribution in [1.29, 1.82) is 0 Å². The van der Waals surface area contributed by atoms with Gasteiger partial charge in [-0.1, -0.05) is 66.2 Å². The number of nitrogens with zero attached hydrogens (tertiary/aromatic N) is 2. The lowest BCUT2D eigenvalue weighted by atomic mass is 10.0. The second kappa shape index (κ2) is 10.1. The Bertz CT molecular complexity index is 1270. The first-order chi connectivity index (χ1) is 16.3. The van der Waals surface area contributed by atoms with E-state index in [1.807, 2.05) is 92.4 Å². The highest BCUT2D eigenvalue weighted by molar-refractivity contribution is 7.89. The largest absolute Gasteiger partial charge is 0.324 e. The molecular formula is C27H31N3O3S. The van der Waals surface area contributed by atoms with E-state index in [4.69, 9.17) is 0 Å². The molecule has 34 heavy (non-hydrogen) atoms. The van der Waals surface area contributed by atoms with E-state index < -0.39 is 10.0 Å². The van der Waals surface area contributed by atoms with Gasteiger partial charge >= 0.3 is 0 Å². The molecule has 3 aromatic rings. The molecule has 7 heteroatoms. The minimum Gasteiger partial charge on any atom is -0.324 e. The highest BCUT2D eigenvalue weighted by Gasteiger charge is 2.32. The van der Waals surface area contributed by atoms with Crippen LogP contribution in [0.25, 0.3) is 11.1 Å². The lowest BCUT2D eigenvalue weighted by Gasteiger charge is -2.37. The summed E-state index contributed by atoms with van der Waals surface area (Å²) in [5.41, 5.74) is 4.56. The standard InChI is InChI=1S/C27H31N3O3S/c1-20-13-14-26(21(2)19-20)34(32,33)30-17-15-29(16-18-30)22(3)27(31)28-25-12-8-7-11-24(25)23-9-5-4-6-10-23/h4-14,19,22H,15-18H2,1-3H3,(H,28,31)/t22-/m0/s1. The topological polar surface area (TPSA) is 69.7 Å². The van der Waals surface area contributed by atoms with Gasteiger partial charge in [0.2, 0.25) is 15.9 Å². The van der Waals surface area contributed by atoms with Gasteiger partial charge in [-0.3, -0.25) is 9.69 Å². The monoisotopic (exact) mass is 477 g/mol. The number of rotatable bonds is 6. The van der Waals surface area contributed by atoms with Gasteiger partial charge in [-0.05, 0) is 44.0 Å². The average Bonchev–Trinajstić information content (AvgIpc) is 2.84. The van der Waals surface area contributed by atoms with Crippen molar-refractivity contribution in [3.63, 3.8) is 0 Å². The Morgan fingerprint density at radius 3 is 2.21 bits per heavy atom. The first kappa shape index (κ1) is 24.1. The predicted molar refractivity (Wildman–Crippen MR) is 136 cm³/mol. The Morgan fingerprint density at radius 1 is 0.882 bits per heavy atom. The summed E-state index contributed by atoms with van der Waals surface area (Å²) in [6.45, 7) is 7.36. The Labute approximate surface area is 202 Å². The lowest BCUT2D eigenvalue weighted by molar-refractivity contribution is -0.121. The molecule has 4 rings (SSSR count). The predicted octanol–water partition coefficient (Wildman–Crippen LogP) is 4.30. The molecule has 1 heterocycles. The Morgan fingerprint density at radius 2 is 1.53 bits per heavy atom. The van der Waals surface area contributed by atoms with E-state index in [9.17, 15) is 13.2 Å². The smallest absolute Gasteiger partial charge is 0.243 e. The van der Waals surface area contributed by atoms with Gasteiger partial charge < -0.3 is 5.32 Å². The minimum absolute atomic E-state index is 0.103. The summed E-state index contributed by atoms with van der Waals surface area (Å²) < 4.78 is 27.9. The molecule has 6 nitrogen and oxygen atoms in total. The number of carbonyl (C=O) groups excluding carboxylic acids is 1.